The van der Waals surface area contributed by atoms with Crippen molar-refractivity contribution in [2.45, 2.75) is 31.1 Å². The molecular formula is C12H16O3S. The molecule has 0 bridgehead atoms. The zero-order valence-electron chi connectivity index (χ0n) is 9.47. The van der Waals surface area contributed by atoms with Gasteiger partial charge >= 0.3 is 0 Å². The van der Waals surface area contributed by atoms with E-state index in [2.05, 4.69) is 6.58 Å². The van der Waals surface area contributed by atoms with Crippen LogP contribution in [0, 0.1) is 6.92 Å². The van der Waals surface area contributed by atoms with Crippen molar-refractivity contribution in [3.8, 4) is 0 Å². The van der Waals surface area contributed by atoms with E-state index in [4.69, 9.17) is 4.55 Å². The average molecular weight is 240 g/mol. The number of aryl methyl sites for hydroxylation is 1. The molecule has 0 saturated carbocycles. The van der Waals surface area contributed by atoms with E-state index in [-0.39, 0.29) is 10.8 Å². The molecule has 0 unspecified atom stereocenters. The Bertz CT molecular complexity index is 489. The Hall–Kier alpha value is -1.13. The molecule has 4 heteroatoms. The molecule has 1 N–H and O–H groups in total. The predicted molar refractivity (Wildman–Crippen MR) is 64.2 cm³/mol. The summed E-state index contributed by atoms with van der Waals surface area (Å²) in [6.07, 6.45) is 2.57. The fourth-order valence-electron chi connectivity index (χ4n) is 1.69. The third kappa shape index (κ3) is 2.93. The summed E-state index contributed by atoms with van der Waals surface area (Å²) in [6.45, 7) is 7.58. The number of hydrogen-bond acceptors (Lipinski definition) is 2. The quantitative estimate of drug-likeness (QED) is 0.650. The van der Waals surface area contributed by atoms with Gasteiger partial charge < -0.3 is 0 Å². The van der Waals surface area contributed by atoms with Crippen molar-refractivity contribution in [1.82, 2.24) is 0 Å². The van der Waals surface area contributed by atoms with E-state index >= 15 is 0 Å². The van der Waals surface area contributed by atoms with E-state index in [0.717, 1.165) is 17.5 Å². The van der Waals surface area contributed by atoms with Crippen molar-refractivity contribution < 1.29 is 13.0 Å². The minimum atomic E-state index is -4.12. The minimum absolute atomic E-state index is 0.0518. The first-order chi connectivity index (χ1) is 7.36. The second kappa shape index (κ2) is 4.80. The zero-order valence-corrected chi connectivity index (χ0v) is 10.3. The second-order valence-corrected chi connectivity index (χ2v) is 5.34. The zero-order chi connectivity index (χ0) is 12.3. The van der Waals surface area contributed by atoms with Crippen LogP contribution in [0.3, 0.4) is 0 Å². The Morgan fingerprint density at radius 1 is 1.50 bits per heavy atom. The first kappa shape index (κ1) is 12.9. The summed E-state index contributed by atoms with van der Waals surface area (Å²) in [5.41, 5.74) is 1.94. The average Bonchev–Trinajstić information content (AvgIpc) is 2.16. The van der Waals surface area contributed by atoms with Gasteiger partial charge in [-0.2, -0.15) is 8.42 Å². The van der Waals surface area contributed by atoms with E-state index in [1.165, 1.54) is 12.1 Å². The first-order valence-corrected chi connectivity index (χ1v) is 6.49. The van der Waals surface area contributed by atoms with Gasteiger partial charge in [0.05, 0.1) is 4.90 Å². The van der Waals surface area contributed by atoms with Crippen LogP contribution in [-0.2, 0) is 10.1 Å². The van der Waals surface area contributed by atoms with Crippen molar-refractivity contribution >= 4 is 10.1 Å². The summed E-state index contributed by atoms with van der Waals surface area (Å²) >= 11 is 0. The fourth-order valence-corrected chi connectivity index (χ4v) is 2.20. The lowest BCUT2D eigenvalue weighted by molar-refractivity contribution is 0.483. The molecule has 0 aliphatic rings. The lowest BCUT2D eigenvalue weighted by Crippen LogP contribution is -2.02. The van der Waals surface area contributed by atoms with Crippen LogP contribution in [0.4, 0.5) is 0 Å². The van der Waals surface area contributed by atoms with Gasteiger partial charge in [-0.1, -0.05) is 19.1 Å². The van der Waals surface area contributed by atoms with Gasteiger partial charge in [-0.05, 0) is 42.5 Å². The molecule has 0 radical (unpaired) electrons. The van der Waals surface area contributed by atoms with E-state index < -0.39 is 10.1 Å². The van der Waals surface area contributed by atoms with E-state index in [0.29, 0.717) is 0 Å². The van der Waals surface area contributed by atoms with Gasteiger partial charge in [0.1, 0.15) is 0 Å². The molecule has 0 aromatic heterocycles. The number of benzene rings is 1. The van der Waals surface area contributed by atoms with Gasteiger partial charge in [-0.15, -0.1) is 6.58 Å². The van der Waals surface area contributed by atoms with E-state index in [1.54, 1.807) is 12.1 Å². The lowest BCUT2D eigenvalue weighted by Gasteiger charge is -2.13. The third-order valence-electron chi connectivity index (χ3n) is 2.60. The summed E-state index contributed by atoms with van der Waals surface area (Å²) < 4.78 is 31.0. The van der Waals surface area contributed by atoms with Crippen LogP contribution in [0.15, 0.2) is 35.7 Å². The van der Waals surface area contributed by atoms with Crippen LogP contribution >= 0.6 is 0 Å². The summed E-state index contributed by atoms with van der Waals surface area (Å²) in [6, 6.07) is 4.64. The maximum absolute atomic E-state index is 11.0. The topological polar surface area (TPSA) is 54.4 Å². The Morgan fingerprint density at radius 3 is 2.62 bits per heavy atom. The molecule has 16 heavy (non-hydrogen) atoms. The Labute approximate surface area is 96.6 Å². The maximum Gasteiger partial charge on any atom is 0.294 e. The van der Waals surface area contributed by atoms with Gasteiger partial charge in [-0.3, -0.25) is 4.55 Å². The normalized spacial score (nSPS) is 13.4. The molecule has 3 nitrogen and oxygen atoms in total. The second-order valence-electron chi connectivity index (χ2n) is 3.92. The van der Waals surface area contributed by atoms with Crippen LogP contribution in [0.25, 0.3) is 0 Å². The molecule has 0 aliphatic heterocycles. The standard InChI is InChI=1S/C12H16O3S/c1-4-5-9(2)12-8-11(16(13,14)15)7-6-10(12)3/h4,6-9H,1,5H2,2-3H3,(H,13,14,15)/t9-/m1/s1. The Kier molecular flexibility index (Phi) is 3.88. The van der Waals surface area contributed by atoms with Crippen molar-refractivity contribution in [3.05, 3.63) is 42.0 Å². The molecule has 0 amide bonds. The molecule has 0 saturated heterocycles. The molecule has 0 aliphatic carbocycles. The lowest BCUT2D eigenvalue weighted by atomic mass is 9.94. The Balaban J connectivity index is 3.24. The molecule has 88 valence electrons. The molecular weight excluding hydrogens is 224 g/mol. The molecule has 1 atom stereocenters. The van der Waals surface area contributed by atoms with Crippen LogP contribution in [0.1, 0.15) is 30.4 Å². The van der Waals surface area contributed by atoms with Gasteiger partial charge in [0.2, 0.25) is 0 Å². The fraction of sp³-hybridized carbons (Fsp3) is 0.333. The third-order valence-corrected chi connectivity index (χ3v) is 3.45. The van der Waals surface area contributed by atoms with Gasteiger partial charge in [-0.25, -0.2) is 0 Å². The highest BCUT2D eigenvalue weighted by Gasteiger charge is 2.14. The van der Waals surface area contributed by atoms with Crippen molar-refractivity contribution in [1.29, 1.82) is 0 Å². The molecule has 1 aromatic carbocycles. The smallest absolute Gasteiger partial charge is 0.282 e. The van der Waals surface area contributed by atoms with Crippen molar-refractivity contribution in [2.75, 3.05) is 0 Å². The van der Waals surface area contributed by atoms with Crippen molar-refractivity contribution in [3.63, 3.8) is 0 Å². The molecule has 0 fully saturated rings. The minimum Gasteiger partial charge on any atom is -0.282 e. The van der Waals surface area contributed by atoms with Crippen LogP contribution in [0.5, 0.6) is 0 Å². The number of allylic oxidation sites excluding steroid dienone is 1. The van der Waals surface area contributed by atoms with Gasteiger partial charge in [0.15, 0.2) is 0 Å². The molecule has 0 heterocycles. The monoisotopic (exact) mass is 240 g/mol. The summed E-state index contributed by atoms with van der Waals surface area (Å²) in [5.74, 6) is 0.194. The Morgan fingerprint density at radius 2 is 2.12 bits per heavy atom. The maximum atomic E-state index is 11.0. The van der Waals surface area contributed by atoms with Crippen molar-refractivity contribution in [2.24, 2.45) is 0 Å². The highest BCUT2D eigenvalue weighted by molar-refractivity contribution is 7.85. The van der Waals surface area contributed by atoms with Crippen LogP contribution in [0.2, 0.25) is 0 Å². The predicted octanol–water partition coefficient (Wildman–Crippen LogP) is 2.92. The number of hydrogen-bond donors (Lipinski definition) is 1. The number of rotatable bonds is 4. The summed E-state index contributed by atoms with van der Waals surface area (Å²) in [7, 11) is -4.12. The SMILES string of the molecule is C=CC[C@@H](C)c1cc(S(=O)(=O)O)ccc1C. The first-order valence-electron chi connectivity index (χ1n) is 5.05. The molecule has 1 rings (SSSR count). The highest BCUT2D eigenvalue weighted by atomic mass is 32.2. The summed E-state index contributed by atoms with van der Waals surface area (Å²) in [4.78, 5) is -0.0518. The van der Waals surface area contributed by atoms with Crippen LogP contribution < -0.4 is 0 Å². The van der Waals surface area contributed by atoms with Gasteiger partial charge in [0, 0.05) is 0 Å². The van der Waals surface area contributed by atoms with E-state index in [1.807, 2.05) is 13.8 Å². The molecule has 0 spiro atoms. The highest BCUT2D eigenvalue weighted by Crippen LogP contribution is 2.25. The van der Waals surface area contributed by atoms with Gasteiger partial charge in [0.25, 0.3) is 10.1 Å². The largest absolute Gasteiger partial charge is 0.294 e. The van der Waals surface area contributed by atoms with Crippen LogP contribution in [-0.4, -0.2) is 13.0 Å². The van der Waals surface area contributed by atoms with E-state index in [9.17, 15) is 8.42 Å². The summed E-state index contributed by atoms with van der Waals surface area (Å²) in [5, 5.41) is 0. The molecule has 1 aromatic rings.